The number of likely N-dealkylation sites (N-methyl/N-ethyl adjacent to an activating group) is 1. The Morgan fingerprint density at radius 1 is 0.929 bits per heavy atom. The fraction of sp³-hybridized carbons (Fsp3) is 0.500. The molecule has 8 heteroatoms. The molecule has 2 aliphatic heterocycles. The Balaban J connectivity index is 1.46. The highest BCUT2D eigenvalue weighted by Crippen LogP contribution is 2.38. The molecule has 0 aromatic carbocycles. The molecule has 2 aromatic rings. The summed E-state index contributed by atoms with van der Waals surface area (Å²) in [5.41, 5.74) is 0.918. The molecule has 4 rings (SSSR count). The largest absolute Gasteiger partial charge is 0.458 e. The van der Waals surface area contributed by atoms with Crippen molar-refractivity contribution in [1.29, 1.82) is 0 Å². The number of rotatable bonds is 4. The number of carbonyl (C=O) groups is 2. The maximum Gasteiger partial charge on any atom is 0.355 e. The lowest BCUT2D eigenvalue weighted by Crippen LogP contribution is -2.46. The molecule has 1 N–H and O–H groups in total. The summed E-state index contributed by atoms with van der Waals surface area (Å²) in [6, 6.07) is 6.53. The van der Waals surface area contributed by atoms with Gasteiger partial charge in [0.05, 0.1) is 6.04 Å². The van der Waals surface area contributed by atoms with E-state index in [1.807, 2.05) is 11.9 Å². The first kappa shape index (κ1) is 18.8. The summed E-state index contributed by atoms with van der Waals surface area (Å²) in [5, 5.41) is 10.8. The number of aliphatic hydroxyl groups excluding tert-OH is 1. The van der Waals surface area contributed by atoms with E-state index in [0.717, 1.165) is 0 Å². The molecule has 8 nitrogen and oxygen atoms in total. The van der Waals surface area contributed by atoms with Crippen LogP contribution >= 0.6 is 0 Å². The van der Waals surface area contributed by atoms with Crippen LogP contribution in [0, 0.1) is 0 Å². The topological polar surface area (TPSA) is 85.9 Å². The van der Waals surface area contributed by atoms with Crippen LogP contribution in [0.2, 0.25) is 0 Å². The molecule has 0 unspecified atom stereocenters. The minimum absolute atomic E-state index is 0.204. The molecule has 2 aromatic heterocycles. The number of ether oxygens (including phenoxy) is 2. The molecule has 0 amide bonds. The average molecular weight is 387 g/mol. The van der Waals surface area contributed by atoms with Crippen molar-refractivity contribution in [2.75, 3.05) is 7.05 Å². The standard InChI is InChI=1S/C20H25N3O5/c1-21-8-4-6-13(21)19(25)27-12-10-15-17(24)18(16(11-12)23(15)3)28-20(26)14-7-5-9-22(14)2/h4-9,12,15-18,24H,10-11H2,1-3H3/t12-,15-,16+,17+,18-/m1/s1. The number of piperidine rings is 1. The minimum atomic E-state index is -0.821. The zero-order chi connectivity index (χ0) is 20.0. The highest BCUT2D eigenvalue weighted by Gasteiger charge is 2.54. The Kier molecular flexibility index (Phi) is 4.76. The lowest BCUT2D eigenvalue weighted by molar-refractivity contribution is -0.0181. The second-order valence-electron chi connectivity index (χ2n) is 7.67. The van der Waals surface area contributed by atoms with Crippen molar-refractivity contribution in [2.45, 2.75) is 43.2 Å². The van der Waals surface area contributed by atoms with Gasteiger partial charge in [0.2, 0.25) is 0 Å². The Hall–Kier alpha value is -2.58. The van der Waals surface area contributed by atoms with E-state index in [4.69, 9.17) is 9.47 Å². The number of carbonyl (C=O) groups excluding carboxylic acids is 2. The van der Waals surface area contributed by atoms with Crippen LogP contribution < -0.4 is 0 Å². The molecule has 28 heavy (non-hydrogen) atoms. The number of aryl methyl sites for hydroxylation is 2. The number of fused-ring (bicyclic) bond motifs is 2. The van der Waals surface area contributed by atoms with Crippen LogP contribution in [0.25, 0.3) is 0 Å². The zero-order valence-corrected chi connectivity index (χ0v) is 16.2. The normalized spacial score (nSPS) is 29.6. The van der Waals surface area contributed by atoms with E-state index < -0.39 is 18.2 Å². The summed E-state index contributed by atoms with van der Waals surface area (Å²) in [4.78, 5) is 27.0. The fourth-order valence-corrected chi connectivity index (χ4v) is 4.39. The van der Waals surface area contributed by atoms with Crippen molar-refractivity contribution in [3.63, 3.8) is 0 Å². The van der Waals surface area contributed by atoms with Gasteiger partial charge in [-0.15, -0.1) is 0 Å². The molecule has 2 bridgehead atoms. The quantitative estimate of drug-likeness (QED) is 0.787. The Bertz CT molecular complexity index is 888. The van der Waals surface area contributed by atoms with Gasteiger partial charge < -0.3 is 23.7 Å². The summed E-state index contributed by atoms with van der Waals surface area (Å²) in [6.45, 7) is 0. The molecule has 0 radical (unpaired) electrons. The molecular formula is C20H25N3O5. The van der Waals surface area contributed by atoms with Crippen LogP contribution in [0.1, 0.15) is 33.8 Å². The number of hydrogen-bond acceptors (Lipinski definition) is 6. The zero-order valence-electron chi connectivity index (χ0n) is 16.2. The van der Waals surface area contributed by atoms with Crippen molar-refractivity contribution in [3.8, 4) is 0 Å². The molecule has 2 aliphatic rings. The van der Waals surface area contributed by atoms with E-state index in [9.17, 15) is 14.7 Å². The number of esters is 2. The number of nitrogens with zero attached hydrogens (tertiary/aromatic N) is 3. The SMILES string of the molecule is CN1[C@@H]2C[C@@H](OC(=O)c3cccn3C)C[C@H]1[C@@H](OC(=O)c1cccn1C)[C@H]2O. The second-order valence-corrected chi connectivity index (χ2v) is 7.67. The van der Waals surface area contributed by atoms with Gasteiger partial charge in [-0.2, -0.15) is 0 Å². The smallest absolute Gasteiger partial charge is 0.355 e. The monoisotopic (exact) mass is 387 g/mol. The van der Waals surface area contributed by atoms with Gasteiger partial charge in [0.25, 0.3) is 0 Å². The lowest BCUT2D eigenvalue weighted by Gasteiger charge is -2.36. The van der Waals surface area contributed by atoms with Gasteiger partial charge in [0, 0.05) is 45.4 Å². The molecule has 150 valence electrons. The number of hydrogen-bond donors (Lipinski definition) is 1. The van der Waals surface area contributed by atoms with E-state index in [1.165, 1.54) is 0 Å². The third-order valence-corrected chi connectivity index (χ3v) is 5.99. The number of aliphatic hydroxyl groups is 1. The first-order valence-corrected chi connectivity index (χ1v) is 9.41. The van der Waals surface area contributed by atoms with Crippen molar-refractivity contribution >= 4 is 11.9 Å². The first-order valence-electron chi connectivity index (χ1n) is 9.41. The van der Waals surface area contributed by atoms with E-state index in [0.29, 0.717) is 24.2 Å². The van der Waals surface area contributed by atoms with Gasteiger partial charge >= 0.3 is 11.9 Å². The number of aromatic nitrogens is 2. The lowest BCUT2D eigenvalue weighted by atomic mass is 10.00. The van der Waals surface area contributed by atoms with Gasteiger partial charge in [0.15, 0.2) is 0 Å². The second kappa shape index (κ2) is 7.10. The van der Waals surface area contributed by atoms with E-state index in [1.54, 1.807) is 59.9 Å². The van der Waals surface area contributed by atoms with Gasteiger partial charge in [-0.1, -0.05) is 0 Å². The minimum Gasteiger partial charge on any atom is -0.458 e. The Morgan fingerprint density at radius 2 is 1.46 bits per heavy atom. The summed E-state index contributed by atoms with van der Waals surface area (Å²) < 4.78 is 14.8. The highest BCUT2D eigenvalue weighted by molar-refractivity contribution is 5.88. The van der Waals surface area contributed by atoms with Crippen molar-refractivity contribution in [3.05, 3.63) is 48.0 Å². The van der Waals surface area contributed by atoms with Crippen molar-refractivity contribution < 1.29 is 24.2 Å². The van der Waals surface area contributed by atoms with Gasteiger partial charge in [0.1, 0.15) is 29.7 Å². The van der Waals surface area contributed by atoms with Gasteiger partial charge in [-0.05, 0) is 31.3 Å². The Labute approximate surface area is 163 Å². The summed E-state index contributed by atoms with van der Waals surface area (Å²) in [5.74, 6) is -0.844. The van der Waals surface area contributed by atoms with Crippen molar-refractivity contribution in [2.24, 2.45) is 14.1 Å². The Morgan fingerprint density at radius 3 is 2.00 bits per heavy atom. The molecule has 2 fully saturated rings. The summed E-state index contributed by atoms with van der Waals surface area (Å²) in [6.07, 6.45) is 2.76. The van der Waals surface area contributed by atoms with Gasteiger partial charge in [-0.25, -0.2) is 9.59 Å². The van der Waals surface area contributed by atoms with E-state index in [-0.39, 0.29) is 24.2 Å². The van der Waals surface area contributed by atoms with Gasteiger partial charge in [-0.3, -0.25) is 4.90 Å². The van der Waals surface area contributed by atoms with Crippen LogP contribution in [-0.2, 0) is 23.6 Å². The molecule has 0 spiro atoms. The molecule has 0 saturated carbocycles. The van der Waals surface area contributed by atoms with E-state index in [2.05, 4.69) is 0 Å². The maximum atomic E-state index is 12.5. The predicted octanol–water partition coefficient (Wildman–Crippen LogP) is 0.952. The predicted molar refractivity (Wildman–Crippen MR) is 99.8 cm³/mol. The molecular weight excluding hydrogens is 362 g/mol. The third kappa shape index (κ3) is 3.12. The molecule has 0 aliphatic carbocycles. The summed E-state index contributed by atoms with van der Waals surface area (Å²) >= 11 is 0. The van der Waals surface area contributed by atoms with Crippen LogP contribution in [0.4, 0.5) is 0 Å². The fourth-order valence-electron chi connectivity index (χ4n) is 4.39. The average Bonchev–Trinajstić information content (AvgIpc) is 3.30. The molecule has 4 heterocycles. The molecule has 2 saturated heterocycles. The maximum absolute atomic E-state index is 12.5. The third-order valence-electron chi connectivity index (χ3n) is 5.99. The van der Waals surface area contributed by atoms with Crippen LogP contribution in [0.15, 0.2) is 36.7 Å². The van der Waals surface area contributed by atoms with Crippen LogP contribution in [0.3, 0.4) is 0 Å². The first-order chi connectivity index (χ1) is 13.4. The highest BCUT2D eigenvalue weighted by atomic mass is 16.6. The van der Waals surface area contributed by atoms with E-state index >= 15 is 0 Å². The van der Waals surface area contributed by atoms with Crippen LogP contribution in [-0.4, -0.2) is 68.5 Å². The van der Waals surface area contributed by atoms with Crippen molar-refractivity contribution in [1.82, 2.24) is 14.0 Å². The van der Waals surface area contributed by atoms with Crippen LogP contribution in [0.5, 0.6) is 0 Å². The summed E-state index contributed by atoms with van der Waals surface area (Å²) in [7, 11) is 5.47. The molecule has 5 atom stereocenters.